The van der Waals surface area contributed by atoms with Crippen LogP contribution in [0.15, 0.2) is 34.2 Å². The average Bonchev–Trinajstić information content (AvgIpc) is 2.00. The number of rotatable bonds is 1. The van der Waals surface area contributed by atoms with Crippen molar-refractivity contribution in [3.63, 3.8) is 0 Å². The first-order valence-electron chi connectivity index (χ1n) is 3.36. The van der Waals surface area contributed by atoms with Crippen molar-refractivity contribution in [2.45, 2.75) is 0 Å². The standard InChI is InChI=1S/C8H8BrFN2/c1-12-4-5-2-6(9)3-7(10)8(5)11/h2-4,11-12H,1H3/b5-4-,11-8?. The first-order valence-corrected chi connectivity index (χ1v) is 4.15. The smallest absolute Gasteiger partial charge is 0.149 e. The minimum atomic E-state index is -0.522. The molecular weight excluding hydrogens is 223 g/mol. The van der Waals surface area contributed by atoms with Gasteiger partial charge in [-0.2, -0.15) is 0 Å². The molecule has 1 aliphatic carbocycles. The normalized spacial score (nSPS) is 20.6. The maximum Gasteiger partial charge on any atom is 0.149 e. The molecule has 0 bridgehead atoms. The molecule has 0 unspecified atom stereocenters. The summed E-state index contributed by atoms with van der Waals surface area (Å²) in [7, 11) is 1.71. The van der Waals surface area contributed by atoms with E-state index >= 15 is 0 Å². The highest BCUT2D eigenvalue weighted by Gasteiger charge is 2.13. The lowest BCUT2D eigenvalue weighted by Crippen LogP contribution is -2.08. The van der Waals surface area contributed by atoms with E-state index in [2.05, 4.69) is 21.2 Å². The summed E-state index contributed by atoms with van der Waals surface area (Å²) in [5.41, 5.74) is 0.442. The number of allylic oxidation sites excluding steroid dienone is 5. The largest absolute Gasteiger partial charge is 0.393 e. The number of hydrogen-bond donors (Lipinski definition) is 2. The predicted octanol–water partition coefficient (Wildman–Crippen LogP) is 2.26. The Bertz CT molecular complexity index is 302. The topological polar surface area (TPSA) is 35.9 Å². The molecule has 0 saturated carbocycles. The van der Waals surface area contributed by atoms with Crippen LogP contribution in [0, 0.1) is 5.41 Å². The van der Waals surface area contributed by atoms with E-state index in [9.17, 15) is 4.39 Å². The molecule has 4 heteroatoms. The fraction of sp³-hybridized carbons (Fsp3) is 0.125. The van der Waals surface area contributed by atoms with Crippen LogP contribution >= 0.6 is 15.9 Å². The molecule has 0 saturated heterocycles. The van der Waals surface area contributed by atoms with E-state index in [1.54, 1.807) is 19.3 Å². The first kappa shape index (κ1) is 9.19. The maximum absolute atomic E-state index is 12.9. The third-order valence-corrected chi connectivity index (χ3v) is 1.84. The van der Waals surface area contributed by atoms with Crippen LogP contribution in [0.4, 0.5) is 4.39 Å². The Labute approximate surface area is 78.5 Å². The summed E-state index contributed by atoms with van der Waals surface area (Å²) in [6.45, 7) is 0. The van der Waals surface area contributed by atoms with Gasteiger partial charge >= 0.3 is 0 Å². The van der Waals surface area contributed by atoms with Crippen LogP contribution in [-0.4, -0.2) is 12.8 Å². The summed E-state index contributed by atoms with van der Waals surface area (Å²) in [6.07, 6.45) is 4.54. The molecule has 64 valence electrons. The highest BCUT2D eigenvalue weighted by atomic mass is 79.9. The van der Waals surface area contributed by atoms with Crippen molar-refractivity contribution in [2.75, 3.05) is 7.05 Å². The molecular formula is C8H8BrFN2. The fourth-order valence-corrected chi connectivity index (χ4v) is 1.31. The van der Waals surface area contributed by atoms with Gasteiger partial charge in [0.25, 0.3) is 0 Å². The number of hydrogen-bond acceptors (Lipinski definition) is 2. The van der Waals surface area contributed by atoms with Crippen molar-refractivity contribution >= 4 is 21.6 Å². The van der Waals surface area contributed by atoms with E-state index in [0.29, 0.717) is 10.1 Å². The van der Waals surface area contributed by atoms with E-state index in [-0.39, 0.29) is 5.71 Å². The molecule has 0 fully saturated rings. The molecule has 12 heavy (non-hydrogen) atoms. The van der Waals surface area contributed by atoms with Crippen molar-refractivity contribution in [3.8, 4) is 0 Å². The Morgan fingerprint density at radius 2 is 2.25 bits per heavy atom. The summed E-state index contributed by atoms with van der Waals surface area (Å²) in [5.74, 6) is -0.522. The molecule has 2 nitrogen and oxygen atoms in total. The maximum atomic E-state index is 12.9. The van der Waals surface area contributed by atoms with Gasteiger partial charge in [0.2, 0.25) is 0 Å². The van der Waals surface area contributed by atoms with Gasteiger partial charge in [-0.15, -0.1) is 0 Å². The molecule has 2 N–H and O–H groups in total. The van der Waals surface area contributed by atoms with Crippen LogP contribution in [0.1, 0.15) is 0 Å². The van der Waals surface area contributed by atoms with E-state index in [1.165, 1.54) is 6.08 Å². The first-order chi connectivity index (χ1) is 5.65. The van der Waals surface area contributed by atoms with Gasteiger partial charge in [-0.05, 0) is 12.2 Å². The minimum Gasteiger partial charge on any atom is -0.393 e. The zero-order valence-electron chi connectivity index (χ0n) is 6.49. The Morgan fingerprint density at radius 1 is 1.58 bits per heavy atom. The van der Waals surface area contributed by atoms with Crippen LogP contribution in [0.2, 0.25) is 0 Å². The Morgan fingerprint density at radius 3 is 2.83 bits per heavy atom. The van der Waals surface area contributed by atoms with Crippen molar-refractivity contribution in [1.29, 1.82) is 5.41 Å². The molecule has 0 amide bonds. The van der Waals surface area contributed by atoms with Gasteiger partial charge in [-0.1, -0.05) is 15.9 Å². The van der Waals surface area contributed by atoms with E-state index in [0.717, 1.165) is 0 Å². The van der Waals surface area contributed by atoms with Gasteiger partial charge in [0, 0.05) is 23.3 Å². The van der Waals surface area contributed by atoms with Crippen LogP contribution in [0.5, 0.6) is 0 Å². The second-order valence-corrected chi connectivity index (χ2v) is 3.20. The van der Waals surface area contributed by atoms with E-state index in [4.69, 9.17) is 5.41 Å². The molecule has 0 atom stereocenters. The second-order valence-electron chi connectivity index (χ2n) is 2.28. The van der Waals surface area contributed by atoms with Crippen molar-refractivity contribution in [1.82, 2.24) is 5.32 Å². The SMILES string of the molecule is CN/C=C1/C=C(Br)C=C(F)C1=N. The zero-order valence-corrected chi connectivity index (χ0v) is 8.07. The summed E-state index contributed by atoms with van der Waals surface area (Å²) < 4.78 is 13.5. The second kappa shape index (κ2) is 3.67. The van der Waals surface area contributed by atoms with Crippen molar-refractivity contribution in [3.05, 3.63) is 34.2 Å². The Balaban J connectivity index is 3.02. The van der Waals surface area contributed by atoms with E-state index in [1.807, 2.05) is 0 Å². The van der Waals surface area contributed by atoms with Crippen molar-refractivity contribution in [2.24, 2.45) is 0 Å². The summed E-state index contributed by atoms with van der Waals surface area (Å²) in [4.78, 5) is 0. The molecule has 0 heterocycles. The van der Waals surface area contributed by atoms with Crippen molar-refractivity contribution < 1.29 is 4.39 Å². The fourth-order valence-electron chi connectivity index (χ4n) is 0.863. The van der Waals surface area contributed by atoms with Gasteiger partial charge in [-0.25, -0.2) is 4.39 Å². The minimum absolute atomic E-state index is 0.0902. The highest BCUT2D eigenvalue weighted by molar-refractivity contribution is 9.11. The van der Waals surface area contributed by atoms with Gasteiger partial charge in [0.05, 0.1) is 5.71 Å². The van der Waals surface area contributed by atoms with Gasteiger partial charge in [0.1, 0.15) is 5.83 Å². The molecule has 1 rings (SSSR count). The summed E-state index contributed by atoms with van der Waals surface area (Å²) >= 11 is 3.15. The average molecular weight is 231 g/mol. The molecule has 0 aromatic carbocycles. The van der Waals surface area contributed by atoms with Crippen LogP contribution < -0.4 is 5.32 Å². The van der Waals surface area contributed by atoms with Crippen LogP contribution in [0.3, 0.4) is 0 Å². The Hall–Kier alpha value is -0.900. The molecule has 0 aromatic rings. The van der Waals surface area contributed by atoms with Gasteiger partial charge < -0.3 is 5.32 Å². The lowest BCUT2D eigenvalue weighted by molar-refractivity contribution is 0.679. The number of nitrogens with one attached hydrogen (secondary N) is 2. The van der Waals surface area contributed by atoms with Gasteiger partial charge in [-0.3, -0.25) is 5.41 Å². The molecule has 0 spiro atoms. The lowest BCUT2D eigenvalue weighted by Gasteiger charge is -2.08. The van der Waals surface area contributed by atoms with Crippen LogP contribution in [-0.2, 0) is 0 Å². The summed E-state index contributed by atoms with van der Waals surface area (Å²) in [5, 5.41) is 10.1. The van der Waals surface area contributed by atoms with Crippen LogP contribution in [0.25, 0.3) is 0 Å². The predicted molar refractivity (Wildman–Crippen MR) is 51.1 cm³/mol. The third-order valence-electron chi connectivity index (χ3n) is 1.39. The van der Waals surface area contributed by atoms with E-state index < -0.39 is 5.83 Å². The quantitative estimate of drug-likeness (QED) is 0.713. The Kier molecular flexibility index (Phi) is 2.81. The third kappa shape index (κ3) is 1.82. The molecule has 0 radical (unpaired) electrons. The van der Waals surface area contributed by atoms with Gasteiger partial charge in [0.15, 0.2) is 0 Å². The summed E-state index contributed by atoms with van der Waals surface area (Å²) in [6, 6.07) is 0. The highest BCUT2D eigenvalue weighted by Crippen LogP contribution is 2.22. The number of halogens is 2. The zero-order chi connectivity index (χ0) is 9.14. The molecule has 0 aliphatic heterocycles. The molecule has 1 aliphatic rings. The monoisotopic (exact) mass is 230 g/mol. The lowest BCUT2D eigenvalue weighted by atomic mass is 10.1. The molecule has 0 aromatic heterocycles.